The lowest BCUT2D eigenvalue weighted by atomic mass is 9.83. The SMILES string of the molecule is CCN(C(=O)c1ocnc1C)C1CCCCC1CN. The maximum atomic E-state index is 12.6. The van der Waals surface area contributed by atoms with Crippen LogP contribution in [-0.2, 0) is 0 Å². The minimum atomic E-state index is -0.0529. The average molecular weight is 265 g/mol. The first-order valence-electron chi connectivity index (χ1n) is 7.10. The summed E-state index contributed by atoms with van der Waals surface area (Å²) in [5.41, 5.74) is 6.52. The second-order valence-corrected chi connectivity index (χ2v) is 5.21. The van der Waals surface area contributed by atoms with E-state index in [0.717, 1.165) is 12.8 Å². The van der Waals surface area contributed by atoms with Crippen molar-refractivity contribution in [2.45, 2.75) is 45.6 Å². The third-order valence-corrected chi connectivity index (χ3v) is 4.11. The Hall–Kier alpha value is -1.36. The van der Waals surface area contributed by atoms with Crippen LogP contribution in [0.25, 0.3) is 0 Å². The highest BCUT2D eigenvalue weighted by molar-refractivity contribution is 5.92. The number of aromatic nitrogens is 1. The van der Waals surface area contributed by atoms with Gasteiger partial charge in [0.05, 0.1) is 5.69 Å². The largest absolute Gasteiger partial charge is 0.438 e. The molecule has 19 heavy (non-hydrogen) atoms. The van der Waals surface area contributed by atoms with Crippen LogP contribution >= 0.6 is 0 Å². The molecule has 2 unspecified atom stereocenters. The van der Waals surface area contributed by atoms with Gasteiger partial charge in [-0.15, -0.1) is 0 Å². The van der Waals surface area contributed by atoms with Gasteiger partial charge in [-0.05, 0) is 39.2 Å². The van der Waals surface area contributed by atoms with Gasteiger partial charge in [0.15, 0.2) is 6.39 Å². The molecule has 1 amide bonds. The first-order chi connectivity index (χ1) is 9.19. The normalized spacial score (nSPS) is 23.3. The Morgan fingerprint density at radius 2 is 2.26 bits per heavy atom. The number of rotatable bonds is 4. The minimum absolute atomic E-state index is 0.0529. The molecule has 0 spiro atoms. The summed E-state index contributed by atoms with van der Waals surface area (Å²) in [4.78, 5) is 18.5. The summed E-state index contributed by atoms with van der Waals surface area (Å²) in [5, 5.41) is 0. The number of oxazole rings is 1. The molecule has 1 fully saturated rings. The number of amides is 1. The van der Waals surface area contributed by atoms with E-state index in [1.54, 1.807) is 6.92 Å². The summed E-state index contributed by atoms with van der Waals surface area (Å²) < 4.78 is 5.24. The zero-order valence-corrected chi connectivity index (χ0v) is 11.8. The smallest absolute Gasteiger partial charge is 0.291 e. The summed E-state index contributed by atoms with van der Waals surface area (Å²) in [6, 6.07) is 0.237. The first-order valence-corrected chi connectivity index (χ1v) is 7.10. The standard InChI is InChI=1S/C14H23N3O2/c1-3-17(12-7-5-4-6-11(12)8-15)14(18)13-10(2)16-9-19-13/h9,11-12H,3-8,15H2,1-2H3. The molecule has 0 saturated heterocycles. The lowest BCUT2D eigenvalue weighted by Gasteiger charge is -2.38. The molecule has 2 rings (SSSR count). The Labute approximate surface area is 114 Å². The summed E-state index contributed by atoms with van der Waals surface area (Å²) in [6.07, 6.45) is 5.86. The number of carbonyl (C=O) groups excluding carboxylic acids is 1. The lowest BCUT2D eigenvalue weighted by Crippen LogP contribution is -2.48. The van der Waals surface area contributed by atoms with E-state index in [4.69, 9.17) is 10.2 Å². The molecule has 5 heteroatoms. The minimum Gasteiger partial charge on any atom is -0.438 e. The van der Waals surface area contributed by atoms with E-state index in [2.05, 4.69) is 4.98 Å². The van der Waals surface area contributed by atoms with Gasteiger partial charge in [0.25, 0.3) is 5.91 Å². The van der Waals surface area contributed by atoms with Crippen LogP contribution in [0, 0.1) is 12.8 Å². The van der Waals surface area contributed by atoms with Crippen molar-refractivity contribution < 1.29 is 9.21 Å². The molecule has 5 nitrogen and oxygen atoms in total. The fourth-order valence-electron chi connectivity index (χ4n) is 3.04. The number of hydrogen-bond acceptors (Lipinski definition) is 4. The molecule has 1 aliphatic rings. The Kier molecular flexibility index (Phi) is 4.58. The number of hydrogen-bond donors (Lipinski definition) is 1. The molecule has 1 aliphatic carbocycles. The second-order valence-electron chi connectivity index (χ2n) is 5.21. The van der Waals surface area contributed by atoms with Gasteiger partial charge in [0.2, 0.25) is 5.76 Å². The van der Waals surface area contributed by atoms with Gasteiger partial charge < -0.3 is 15.1 Å². The highest BCUT2D eigenvalue weighted by atomic mass is 16.3. The van der Waals surface area contributed by atoms with E-state index >= 15 is 0 Å². The fourth-order valence-corrected chi connectivity index (χ4v) is 3.04. The predicted octanol–water partition coefficient (Wildman–Crippen LogP) is 1.96. The van der Waals surface area contributed by atoms with Crippen molar-refractivity contribution in [3.05, 3.63) is 17.8 Å². The van der Waals surface area contributed by atoms with Crippen LogP contribution in [-0.4, -0.2) is 34.9 Å². The van der Waals surface area contributed by atoms with Gasteiger partial charge in [-0.3, -0.25) is 4.79 Å². The molecule has 2 atom stereocenters. The molecule has 1 saturated carbocycles. The van der Waals surface area contributed by atoms with Gasteiger partial charge in [-0.2, -0.15) is 0 Å². The van der Waals surface area contributed by atoms with E-state index in [1.807, 2.05) is 11.8 Å². The predicted molar refractivity (Wildman–Crippen MR) is 72.8 cm³/mol. The molecular weight excluding hydrogens is 242 g/mol. The molecule has 0 aliphatic heterocycles. The summed E-state index contributed by atoms with van der Waals surface area (Å²) in [6.45, 7) is 5.13. The summed E-state index contributed by atoms with van der Waals surface area (Å²) >= 11 is 0. The highest BCUT2D eigenvalue weighted by Gasteiger charge is 2.33. The van der Waals surface area contributed by atoms with Crippen LogP contribution in [0.2, 0.25) is 0 Å². The Morgan fingerprint density at radius 3 is 2.84 bits per heavy atom. The Balaban J connectivity index is 2.19. The maximum Gasteiger partial charge on any atom is 0.291 e. The van der Waals surface area contributed by atoms with E-state index in [0.29, 0.717) is 30.5 Å². The monoisotopic (exact) mass is 265 g/mol. The van der Waals surface area contributed by atoms with E-state index in [1.165, 1.54) is 19.2 Å². The lowest BCUT2D eigenvalue weighted by molar-refractivity contribution is 0.0528. The molecule has 1 heterocycles. The van der Waals surface area contributed by atoms with E-state index in [9.17, 15) is 4.79 Å². The molecular formula is C14H23N3O2. The molecule has 2 N–H and O–H groups in total. The quantitative estimate of drug-likeness (QED) is 0.903. The molecule has 1 aromatic rings. The van der Waals surface area contributed by atoms with Gasteiger partial charge in [-0.25, -0.2) is 4.98 Å². The summed E-state index contributed by atoms with van der Waals surface area (Å²) in [7, 11) is 0. The van der Waals surface area contributed by atoms with Crippen molar-refractivity contribution in [3.63, 3.8) is 0 Å². The van der Waals surface area contributed by atoms with Gasteiger partial charge >= 0.3 is 0 Å². The van der Waals surface area contributed by atoms with Crippen LogP contribution in [0.1, 0.15) is 48.9 Å². The molecule has 0 radical (unpaired) electrons. The second kappa shape index (κ2) is 6.19. The Bertz CT molecular complexity index is 430. The topological polar surface area (TPSA) is 72.4 Å². The van der Waals surface area contributed by atoms with Gasteiger partial charge in [0.1, 0.15) is 0 Å². The van der Waals surface area contributed by atoms with Crippen LogP contribution in [0.5, 0.6) is 0 Å². The average Bonchev–Trinajstić information content (AvgIpc) is 2.86. The maximum absolute atomic E-state index is 12.6. The van der Waals surface area contributed by atoms with Gasteiger partial charge in [0, 0.05) is 12.6 Å². The molecule has 0 bridgehead atoms. The summed E-state index contributed by atoms with van der Waals surface area (Å²) in [5.74, 6) is 0.715. The zero-order chi connectivity index (χ0) is 13.8. The van der Waals surface area contributed by atoms with Crippen molar-refractivity contribution in [1.29, 1.82) is 0 Å². The van der Waals surface area contributed by atoms with Crippen LogP contribution < -0.4 is 5.73 Å². The van der Waals surface area contributed by atoms with Gasteiger partial charge in [-0.1, -0.05) is 12.8 Å². The number of aryl methyl sites for hydroxylation is 1. The number of nitrogens with two attached hydrogens (primary N) is 1. The fraction of sp³-hybridized carbons (Fsp3) is 0.714. The van der Waals surface area contributed by atoms with E-state index in [-0.39, 0.29) is 11.9 Å². The van der Waals surface area contributed by atoms with Crippen molar-refractivity contribution in [2.24, 2.45) is 11.7 Å². The van der Waals surface area contributed by atoms with E-state index < -0.39 is 0 Å². The van der Waals surface area contributed by atoms with Crippen molar-refractivity contribution in [1.82, 2.24) is 9.88 Å². The first kappa shape index (κ1) is 14.1. The van der Waals surface area contributed by atoms with Crippen molar-refractivity contribution >= 4 is 5.91 Å². The van der Waals surface area contributed by atoms with Crippen molar-refractivity contribution in [3.8, 4) is 0 Å². The molecule has 106 valence electrons. The van der Waals surface area contributed by atoms with Crippen molar-refractivity contribution in [2.75, 3.05) is 13.1 Å². The molecule has 1 aromatic heterocycles. The number of carbonyl (C=O) groups is 1. The third kappa shape index (κ3) is 2.81. The van der Waals surface area contributed by atoms with Crippen LogP contribution in [0.4, 0.5) is 0 Å². The highest BCUT2D eigenvalue weighted by Crippen LogP contribution is 2.29. The van der Waals surface area contributed by atoms with Crippen LogP contribution in [0.15, 0.2) is 10.8 Å². The number of nitrogens with zero attached hydrogens (tertiary/aromatic N) is 2. The Morgan fingerprint density at radius 1 is 1.53 bits per heavy atom. The third-order valence-electron chi connectivity index (χ3n) is 4.11. The zero-order valence-electron chi connectivity index (χ0n) is 11.8. The molecule has 0 aromatic carbocycles. The van der Waals surface area contributed by atoms with Crippen LogP contribution in [0.3, 0.4) is 0 Å².